The van der Waals surface area contributed by atoms with Gasteiger partial charge in [0.05, 0.1) is 0 Å². The van der Waals surface area contributed by atoms with E-state index in [1.165, 1.54) is 32.6 Å². The molecule has 2 aliphatic heterocycles. The topological polar surface area (TPSA) is 15.3 Å². The fourth-order valence-electron chi connectivity index (χ4n) is 1.78. The highest BCUT2D eigenvalue weighted by molar-refractivity contribution is 5.07. The molecule has 0 aromatic heterocycles. The maximum absolute atomic E-state index is 3.48. The number of hydrogen-bond acceptors (Lipinski definition) is 2. The second kappa shape index (κ2) is 3.55. The van der Waals surface area contributed by atoms with Crippen LogP contribution in [-0.4, -0.2) is 36.6 Å². The standard InChI is InChI=1S/C7H14N2.C2H6/c1-2-9-5-7(6-9)3-4-8-7;1-2/h8H,2-6H2,1H3;1-2H3. The Kier molecular flexibility index (Phi) is 2.90. The van der Waals surface area contributed by atoms with Gasteiger partial charge in [0.15, 0.2) is 0 Å². The van der Waals surface area contributed by atoms with E-state index in [0.29, 0.717) is 5.54 Å². The summed E-state index contributed by atoms with van der Waals surface area (Å²) in [6, 6.07) is 0. The lowest BCUT2D eigenvalue weighted by Gasteiger charge is -2.56. The zero-order valence-corrected chi connectivity index (χ0v) is 7.98. The van der Waals surface area contributed by atoms with E-state index >= 15 is 0 Å². The van der Waals surface area contributed by atoms with Gasteiger partial charge in [-0.3, -0.25) is 4.90 Å². The molecule has 2 rings (SSSR count). The van der Waals surface area contributed by atoms with Crippen LogP contribution in [0.15, 0.2) is 0 Å². The van der Waals surface area contributed by atoms with Gasteiger partial charge in [0.1, 0.15) is 0 Å². The molecule has 1 N–H and O–H groups in total. The molecule has 2 fully saturated rings. The smallest absolute Gasteiger partial charge is 0.0449 e. The Morgan fingerprint density at radius 3 is 2.18 bits per heavy atom. The van der Waals surface area contributed by atoms with Crippen LogP contribution in [0, 0.1) is 0 Å². The first-order valence-corrected chi connectivity index (χ1v) is 4.82. The largest absolute Gasteiger partial charge is 0.309 e. The molecule has 2 nitrogen and oxygen atoms in total. The maximum Gasteiger partial charge on any atom is 0.0449 e. The minimum absolute atomic E-state index is 0.593. The molecule has 2 heterocycles. The first kappa shape index (κ1) is 9.01. The number of hydrogen-bond donors (Lipinski definition) is 1. The van der Waals surface area contributed by atoms with Gasteiger partial charge in [-0.15, -0.1) is 0 Å². The van der Waals surface area contributed by atoms with E-state index in [9.17, 15) is 0 Å². The van der Waals surface area contributed by atoms with Crippen LogP contribution in [-0.2, 0) is 0 Å². The summed E-state index contributed by atoms with van der Waals surface area (Å²) in [5, 5.41) is 3.48. The van der Waals surface area contributed by atoms with Gasteiger partial charge in [0.2, 0.25) is 0 Å². The van der Waals surface area contributed by atoms with Gasteiger partial charge >= 0.3 is 0 Å². The van der Waals surface area contributed by atoms with Crippen molar-refractivity contribution >= 4 is 0 Å². The molecule has 0 radical (unpaired) electrons. The highest BCUT2D eigenvalue weighted by Gasteiger charge is 2.46. The second-order valence-corrected chi connectivity index (χ2v) is 3.26. The Balaban J connectivity index is 0.000000281. The average molecular weight is 156 g/mol. The van der Waals surface area contributed by atoms with E-state index < -0.39 is 0 Å². The van der Waals surface area contributed by atoms with E-state index in [-0.39, 0.29) is 0 Å². The van der Waals surface area contributed by atoms with Gasteiger partial charge in [-0.25, -0.2) is 0 Å². The number of nitrogens with zero attached hydrogens (tertiary/aromatic N) is 1. The van der Waals surface area contributed by atoms with Gasteiger partial charge in [-0.1, -0.05) is 20.8 Å². The predicted molar refractivity (Wildman–Crippen MR) is 48.8 cm³/mol. The molecule has 0 bridgehead atoms. The summed E-state index contributed by atoms with van der Waals surface area (Å²) < 4.78 is 0. The third-order valence-corrected chi connectivity index (χ3v) is 2.60. The van der Waals surface area contributed by atoms with Crippen molar-refractivity contribution in [2.24, 2.45) is 0 Å². The van der Waals surface area contributed by atoms with Crippen LogP contribution in [0.4, 0.5) is 0 Å². The summed E-state index contributed by atoms with van der Waals surface area (Å²) in [5.41, 5.74) is 0.593. The molecular weight excluding hydrogens is 136 g/mol. The lowest BCUT2D eigenvalue weighted by molar-refractivity contribution is -0.00145. The molecular formula is C9H20N2. The number of likely N-dealkylation sites (N-methyl/N-ethyl adjacent to an activating group) is 1. The normalized spacial score (nSPS) is 26.5. The molecule has 11 heavy (non-hydrogen) atoms. The molecule has 0 aliphatic carbocycles. The summed E-state index contributed by atoms with van der Waals surface area (Å²) in [5.74, 6) is 0. The van der Waals surface area contributed by atoms with Gasteiger partial charge in [0, 0.05) is 18.6 Å². The Morgan fingerprint density at radius 1 is 1.36 bits per heavy atom. The van der Waals surface area contributed by atoms with Crippen LogP contribution in [0.2, 0.25) is 0 Å². The van der Waals surface area contributed by atoms with E-state index in [4.69, 9.17) is 0 Å². The first-order valence-electron chi connectivity index (χ1n) is 4.82. The quantitative estimate of drug-likeness (QED) is 0.611. The van der Waals surface area contributed by atoms with E-state index in [2.05, 4.69) is 17.1 Å². The van der Waals surface area contributed by atoms with Crippen LogP contribution < -0.4 is 5.32 Å². The van der Waals surface area contributed by atoms with Crippen LogP contribution in [0.5, 0.6) is 0 Å². The second-order valence-electron chi connectivity index (χ2n) is 3.26. The summed E-state index contributed by atoms with van der Waals surface area (Å²) in [4.78, 5) is 2.48. The Hall–Kier alpha value is -0.0800. The van der Waals surface area contributed by atoms with Crippen molar-refractivity contribution in [1.29, 1.82) is 0 Å². The minimum Gasteiger partial charge on any atom is -0.309 e. The molecule has 0 atom stereocenters. The van der Waals surface area contributed by atoms with Crippen LogP contribution in [0.3, 0.4) is 0 Å². The van der Waals surface area contributed by atoms with Crippen molar-refractivity contribution in [3.8, 4) is 0 Å². The molecule has 0 aromatic rings. The third kappa shape index (κ3) is 1.57. The highest BCUT2D eigenvalue weighted by atomic mass is 15.3. The average Bonchev–Trinajstić information content (AvgIpc) is 1.87. The Labute approximate surface area is 70.0 Å². The van der Waals surface area contributed by atoms with E-state index in [1.54, 1.807) is 0 Å². The molecule has 66 valence electrons. The van der Waals surface area contributed by atoms with Gasteiger partial charge in [-0.05, 0) is 19.5 Å². The van der Waals surface area contributed by atoms with Gasteiger partial charge < -0.3 is 5.32 Å². The molecule has 2 saturated heterocycles. The number of nitrogens with one attached hydrogen (secondary N) is 1. The van der Waals surface area contributed by atoms with Gasteiger partial charge in [0.25, 0.3) is 0 Å². The summed E-state index contributed by atoms with van der Waals surface area (Å²) >= 11 is 0. The van der Waals surface area contributed by atoms with Crippen molar-refractivity contribution in [2.45, 2.75) is 32.7 Å². The zero-order chi connectivity index (χ0) is 8.32. The molecule has 0 unspecified atom stereocenters. The van der Waals surface area contributed by atoms with Crippen molar-refractivity contribution in [3.05, 3.63) is 0 Å². The van der Waals surface area contributed by atoms with Crippen molar-refractivity contribution in [2.75, 3.05) is 26.2 Å². The Morgan fingerprint density at radius 2 is 1.91 bits per heavy atom. The fourth-order valence-corrected chi connectivity index (χ4v) is 1.78. The zero-order valence-electron chi connectivity index (χ0n) is 7.98. The predicted octanol–water partition coefficient (Wildman–Crippen LogP) is 1.08. The molecule has 2 aliphatic rings. The molecule has 0 amide bonds. The molecule has 0 saturated carbocycles. The lowest BCUT2D eigenvalue weighted by atomic mass is 9.80. The third-order valence-electron chi connectivity index (χ3n) is 2.60. The lowest BCUT2D eigenvalue weighted by Crippen LogP contribution is -2.75. The highest BCUT2D eigenvalue weighted by Crippen LogP contribution is 2.29. The maximum atomic E-state index is 3.48. The monoisotopic (exact) mass is 156 g/mol. The van der Waals surface area contributed by atoms with Crippen molar-refractivity contribution in [3.63, 3.8) is 0 Å². The van der Waals surface area contributed by atoms with E-state index in [0.717, 1.165) is 0 Å². The SMILES string of the molecule is CC.CCN1CC2(CCN2)C1. The van der Waals surface area contributed by atoms with Crippen LogP contribution in [0.25, 0.3) is 0 Å². The summed E-state index contributed by atoms with van der Waals surface area (Å²) in [6.07, 6.45) is 1.41. The van der Waals surface area contributed by atoms with Crippen molar-refractivity contribution < 1.29 is 0 Å². The van der Waals surface area contributed by atoms with Crippen LogP contribution in [0.1, 0.15) is 27.2 Å². The minimum atomic E-state index is 0.593. The molecule has 0 aromatic carbocycles. The van der Waals surface area contributed by atoms with Gasteiger partial charge in [-0.2, -0.15) is 0 Å². The number of likely N-dealkylation sites (tertiary alicyclic amines) is 1. The molecule has 1 spiro atoms. The fraction of sp³-hybridized carbons (Fsp3) is 1.00. The van der Waals surface area contributed by atoms with Crippen molar-refractivity contribution in [1.82, 2.24) is 10.2 Å². The summed E-state index contributed by atoms with van der Waals surface area (Å²) in [7, 11) is 0. The summed E-state index contributed by atoms with van der Waals surface area (Å²) in [6.45, 7) is 11.3. The van der Waals surface area contributed by atoms with E-state index in [1.807, 2.05) is 13.8 Å². The Bertz CT molecular complexity index is 111. The van der Waals surface area contributed by atoms with Crippen LogP contribution >= 0.6 is 0 Å². The number of rotatable bonds is 1. The molecule has 2 heteroatoms. The first-order chi connectivity index (χ1) is 5.35.